The zero-order chi connectivity index (χ0) is 19.2. The average Bonchev–Trinajstić information content (AvgIpc) is 2.73. The molecule has 1 aromatic carbocycles. The zero-order valence-corrected chi connectivity index (χ0v) is 15.9. The normalized spacial score (nSPS) is 21.5. The first-order valence-electron chi connectivity index (χ1n) is 8.77. The molecule has 0 aliphatic carbocycles. The van der Waals surface area contributed by atoms with Gasteiger partial charge in [-0.25, -0.2) is 4.79 Å². The molecule has 1 aliphatic rings. The minimum atomic E-state index is -0.583. The van der Waals surface area contributed by atoms with Gasteiger partial charge in [0.1, 0.15) is 12.2 Å². The Labute approximate surface area is 154 Å². The Bertz CT molecular complexity index is 600. The molecule has 1 amide bonds. The van der Waals surface area contributed by atoms with Crippen molar-refractivity contribution in [2.24, 2.45) is 5.92 Å². The van der Waals surface area contributed by atoms with Gasteiger partial charge in [0.2, 0.25) is 0 Å². The Kier molecular flexibility index (Phi) is 6.99. The van der Waals surface area contributed by atoms with Crippen LogP contribution < -0.4 is 5.32 Å². The molecule has 7 heteroatoms. The minimum absolute atomic E-state index is 0.227. The standard InChI is InChI=1S/C19H28N2O5/c1-19(2,3)26-18(23)20-16-10-15(11-21(4)25-13-16)17(22)24-12-14-8-6-5-7-9-14/h5-9,15-16H,10-13H2,1-4H3,(H,20,23)/t15?,16-/m0/s1. The van der Waals surface area contributed by atoms with E-state index in [4.69, 9.17) is 14.3 Å². The van der Waals surface area contributed by atoms with Crippen molar-refractivity contribution >= 4 is 12.1 Å². The summed E-state index contributed by atoms with van der Waals surface area (Å²) in [5.41, 5.74) is 0.350. The molecule has 26 heavy (non-hydrogen) atoms. The summed E-state index contributed by atoms with van der Waals surface area (Å²) in [4.78, 5) is 30.0. The quantitative estimate of drug-likeness (QED) is 0.827. The highest BCUT2D eigenvalue weighted by atomic mass is 16.7. The number of amides is 1. The number of alkyl carbamates (subject to hydrolysis) is 1. The van der Waals surface area contributed by atoms with Crippen LogP contribution in [0.4, 0.5) is 4.79 Å². The van der Waals surface area contributed by atoms with E-state index >= 15 is 0 Å². The van der Waals surface area contributed by atoms with Crippen LogP contribution in [0.25, 0.3) is 0 Å². The van der Waals surface area contributed by atoms with Crippen LogP contribution >= 0.6 is 0 Å². The average molecular weight is 364 g/mol. The van der Waals surface area contributed by atoms with Crippen molar-refractivity contribution in [2.75, 3.05) is 20.2 Å². The fourth-order valence-electron chi connectivity index (χ4n) is 2.66. The van der Waals surface area contributed by atoms with Crippen molar-refractivity contribution in [3.05, 3.63) is 35.9 Å². The topological polar surface area (TPSA) is 77.1 Å². The van der Waals surface area contributed by atoms with Crippen LogP contribution in [0.1, 0.15) is 32.8 Å². The lowest BCUT2D eigenvalue weighted by atomic mass is 10.0. The number of rotatable bonds is 4. The van der Waals surface area contributed by atoms with Gasteiger partial charge >= 0.3 is 12.1 Å². The summed E-state index contributed by atoms with van der Waals surface area (Å²) < 4.78 is 10.7. The number of hydroxylamine groups is 2. The van der Waals surface area contributed by atoms with E-state index in [2.05, 4.69) is 5.32 Å². The fraction of sp³-hybridized carbons (Fsp3) is 0.579. The van der Waals surface area contributed by atoms with Gasteiger partial charge in [-0.3, -0.25) is 9.63 Å². The first-order chi connectivity index (χ1) is 12.2. The monoisotopic (exact) mass is 364 g/mol. The van der Waals surface area contributed by atoms with E-state index in [1.54, 1.807) is 32.9 Å². The van der Waals surface area contributed by atoms with Crippen molar-refractivity contribution in [3.8, 4) is 0 Å². The lowest BCUT2D eigenvalue weighted by Gasteiger charge is -2.23. The van der Waals surface area contributed by atoms with Crippen LogP contribution in [0.3, 0.4) is 0 Å². The summed E-state index contributed by atoms with van der Waals surface area (Å²) in [7, 11) is 1.76. The number of carbonyl (C=O) groups excluding carboxylic acids is 2. The molecule has 2 atom stereocenters. The smallest absolute Gasteiger partial charge is 0.407 e. The summed E-state index contributed by atoms with van der Waals surface area (Å²) in [6, 6.07) is 9.19. The molecular weight excluding hydrogens is 336 g/mol. The van der Waals surface area contributed by atoms with Crippen molar-refractivity contribution < 1.29 is 23.9 Å². The van der Waals surface area contributed by atoms with E-state index in [1.165, 1.54) is 0 Å². The van der Waals surface area contributed by atoms with Gasteiger partial charge in [-0.2, -0.15) is 5.06 Å². The predicted molar refractivity (Wildman–Crippen MR) is 96.1 cm³/mol. The first kappa shape index (κ1) is 20.2. The van der Waals surface area contributed by atoms with Crippen LogP contribution in [0.15, 0.2) is 30.3 Å². The van der Waals surface area contributed by atoms with E-state index < -0.39 is 17.6 Å². The number of benzene rings is 1. The van der Waals surface area contributed by atoms with Crippen molar-refractivity contribution in [1.82, 2.24) is 10.4 Å². The van der Waals surface area contributed by atoms with Gasteiger partial charge in [0, 0.05) is 13.6 Å². The second-order valence-electron chi connectivity index (χ2n) is 7.48. The van der Waals surface area contributed by atoms with Crippen LogP contribution in [-0.2, 0) is 25.7 Å². The van der Waals surface area contributed by atoms with Crippen molar-refractivity contribution in [3.63, 3.8) is 0 Å². The van der Waals surface area contributed by atoms with Crippen LogP contribution in [0, 0.1) is 5.92 Å². The highest BCUT2D eigenvalue weighted by molar-refractivity contribution is 5.73. The molecule has 1 aliphatic heterocycles. The molecule has 7 nitrogen and oxygen atoms in total. The first-order valence-corrected chi connectivity index (χ1v) is 8.77. The molecule has 1 N–H and O–H groups in total. The Morgan fingerprint density at radius 1 is 1.27 bits per heavy atom. The van der Waals surface area contributed by atoms with E-state index in [9.17, 15) is 9.59 Å². The maximum Gasteiger partial charge on any atom is 0.407 e. The highest BCUT2D eigenvalue weighted by Gasteiger charge is 2.31. The second kappa shape index (κ2) is 9.00. The number of esters is 1. The van der Waals surface area contributed by atoms with Crippen LogP contribution in [-0.4, -0.2) is 49.0 Å². The summed E-state index contributed by atoms with van der Waals surface area (Å²) in [5, 5.41) is 4.38. The lowest BCUT2D eigenvalue weighted by molar-refractivity contribution is -0.160. The van der Waals surface area contributed by atoms with Gasteiger partial charge in [-0.05, 0) is 32.8 Å². The molecule has 2 rings (SSSR count). The zero-order valence-electron chi connectivity index (χ0n) is 15.9. The maximum absolute atomic E-state index is 12.5. The molecule has 1 saturated heterocycles. The third-order valence-corrected chi connectivity index (χ3v) is 3.82. The minimum Gasteiger partial charge on any atom is -0.461 e. The van der Waals surface area contributed by atoms with Gasteiger partial charge in [0.05, 0.1) is 18.6 Å². The summed E-state index contributed by atoms with van der Waals surface area (Å²) in [5.74, 6) is -0.701. The number of hydrogen-bond acceptors (Lipinski definition) is 6. The number of nitrogens with zero attached hydrogens (tertiary/aromatic N) is 1. The summed E-state index contributed by atoms with van der Waals surface area (Å²) in [6.45, 7) is 6.30. The SMILES string of the molecule is CN1CC(C(=O)OCc2ccccc2)C[C@H](NC(=O)OC(C)(C)C)CO1. The van der Waals surface area contributed by atoms with E-state index in [1.807, 2.05) is 30.3 Å². The molecule has 0 aromatic heterocycles. The molecule has 0 bridgehead atoms. The Balaban J connectivity index is 1.91. The van der Waals surface area contributed by atoms with E-state index in [-0.39, 0.29) is 25.2 Å². The van der Waals surface area contributed by atoms with Crippen molar-refractivity contribution in [1.29, 1.82) is 0 Å². The molecule has 0 saturated carbocycles. The van der Waals surface area contributed by atoms with Gasteiger partial charge in [-0.15, -0.1) is 0 Å². The number of hydrogen-bond donors (Lipinski definition) is 1. The maximum atomic E-state index is 12.5. The highest BCUT2D eigenvalue weighted by Crippen LogP contribution is 2.17. The largest absolute Gasteiger partial charge is 0.461 e. The van der Waals surface area contributed by atoms with Gasteiger partial charge in [0.25, 0.3) is 0 Å². The number of nitrogens with one attached hydrogen (secondary N) is 1. The van der Waals surface area contributed by atoms with Crippen LogP contribution in [0.5, 0.6) is 0 Å². The van der Waals surface area contributed by atoms with Crippen molar-refractivity contribution in [2.45, 2.75) is 45.4 Å². The lowest BCUT2D eigenvalue weighted by Crippen LogP contribution is -2.42. The van der Waals surface area contributed by atoms with E-state index in [0.717, 1.165) is 5.56 Å². The van der Waals surface area contributed by atoms with Gasteiger partial charge in [0.15, 0.2) is 0 Å². The van der Waals surface area contributed by atoms with Gasteiger partial charge in [-0.1, -0.05) is 30.3 Å². The molecule has 1 heterocycles. The van der Waals surface area contributed by atoms with E-state index in [0.29, 0.717) is 13.0 Å². The van der Waals surface area contributed by atoms with Gasteiger partial charge < -0.3 is 14.8 Å². The molecule has 1 aromatic rings. The molecule has 0 radical (unpaired) electrons. The Morgan fingerprint density at radius 2 is 1.96 bits per heavy atom. The Morgan fingerprint density at radius 3 is 2.62 bits per heavy atom. The van der Waals surface area contributed by atoms with Crippen LogP contribution in [0.2, 0.25) is 0 Å². The molecule has 1 fully saturated rings. The molecule has 0 spiro atoms. The predicted octanol–water partition coefficient (Wildman–Crippen LogP) is 2.51. The third-order valence-electron chi connectivity index (χ3n) is 3.82. The fourth-order valence-corrected chi connectivity index (χ4v) is 2.66. The Hall–Kier alpha value is -2.12. The summed E-state index contributed by atoms with van der Waals surface area (Å²) in [6.07, 6.45) is -0.0935. The third kappa shape index (κ3) is 7.01. The molecular formula is C19H28N2O5. The molecule has 144 valence electrons. The number of carbonyl (C=O) groups is 2. The second-order valence-corrected chi connectivity index (χ2v) is 7.48. The summed E-state index contributed by atoms with van der Waals surface area (Å²) >= 11 is 0. The molecule has 1 unspecified atom stereocenters. The number of ether oxygens (including phenoxy) is 2.